The Balaban J connectivity index is 1.79. The van der Waals surface area contributed by atoms with Gasteiger partial charge in [0, 0.05) is 5.56 Å². The fraction of sp³-hybridized carbons (Fsp3) is 0.227. The highest BCUT2D eigenvalue weighted by atomic mass is 32.1. The maximum atomic E-state index is 13.1. The number of halogens is 1. The Labute approximate surface area is 172 Å². The molecule has 1 aromatic heterocycles. The number of rotatable bonds is 7. The second kappa shape index (κ2) is 9.43. The smallest absolute Gasteiger partial charge is 0.340 e. The van der Waals surface area contributed by atoms with E-state index < -0.39 is 5.97 Å². The first-order chi connectivity index (χ1) is 14.0. The van der Waals surface area contributed by atoms with Crippen molar-refractivity contribution in [2.24, 2.45) is 0 Å². The first kappa shape index (κ1) is 20.7. The summed E-state index contributed by atoms with van der Waals surface area (Å²) in [4.78, 5) is 30.0. The lowest BCUT2D eigenvalue weighted by Gasteiger charge is -2.10. The quantitative estimate of drug-likeness (QED) is 0.413. The van der Waals surface area contributed by atoms with Crippen molar-refractivity contribution in [1.29, 1.82) is 0 Å². The van der Waals surface area contributed by atoms with Crippen molar-refractivity contribution in [1.82, 2.24) is 4.98 Å². The highest BCUT2D eigenvalue weighted by Gasteiger charge is 2.19. The van der Waals surface area contributed by atoms with E-state index in [-0.39, 0.29) is 11.7 Å². The van der Waals surface area contributed by atoms with E-state index in [9.17, 15) is 14.0 Å². The van der Waals surface area contributed by atoms with Gasteiger partial charge in [-0.05, 0) is 49.7 Å². The van der Waals surface area contributed by atoms with E-state index in [0.29, 0.717) is 33.4 Å². The zero-order chi connectivity index (χ0) is 20.8. The molecule has 0 saturated heterocycles. The number of benzene rings is 2. The second-order valence-corrected chi connectivity index (χ2v) is 7.43. The number of hydrogen-bond donors (Lipinski definition) is 1. The molecule has 0 aliphatic heterocycles. The van der Waals surface area contributed by atoms with Gasteiger partial charge in [-0.3, -0.25) is 4.79 Å². The number of nitrogens with one attached hydrogen (secondary N) is 1. The van der Waals surface area contributed by atoms with Crippen LogP contribution in [0.4, 0.5) is 10.1 Å². The van der Waals surface area contributed by atoms with Gasteiger partial charge in [0.25, 0.3) is 5.91 Å². The summed E-state index contributed by atoms with van der Waals surface area (Å²) in [6.07, 6.45) is 1.71. The maximum absolute atomic E-state index is 13.1. The number of hydrogen-bond acceptors (Lipinski definition) is 5. The Morgan fingerprint density at radius 3 is 2.59 bits per heavy atom. The summed E-state index contributed by atoms with van der Waals surface area (Å²) in [6.45, 7) is 4.09. The van der Waals surface area contributed by atoms with E-state index in [1.165, 1.54) is 23.5 Å². The predicted octanol–water partition coefficient (Wildman–Crippen LogP) is 5.47. The van der Waals surface area contributed by atoms with Crippen molar-refractivity contribution in [3.8, 4) is 10.6 Å². The molecule has 29 heavy (non-hydrogen) atoms. The topological polar surface area (TPSA) is 68.3 Å². The molecule has 1 amide bonds. The van der Waals surface area contributed by atoms with Crippen LogP contribution in [0.1, 0.15) is 45.5 Å². The zero-order valence-electron chi connectivity index (χ0n) is 16.2. The summed E-state index contributed by atoms with van der Waals surface area (Å²) in [5, 5.41) is 3.41. The number of para-hydroxylation sites is 1. The van der Waals surface area contributed by atoms with Crippen molar-refractivity contribution in [3.05, 3.63) is 70.5 Å². The van der Waals surface area contributed by atoms with Crippen LogP contribution in [0.15, 0.2) is 48.5 Å². The van der Waals surface area contributed by atoms with Crippen LogP contribution in [0.5, 0.6) is 0 Å². The minimum atomic E-state index is -0.470. The Hall–Kier alpha value is -3.06. The molecule has 0 bridgehead atoms. The highest BCUT2D eigenvalue weighted by Crippen LogP contribution is 2.29. The summed E-state index contributed by atoms with van der Waals surface area (Å²) in [5.74, 6) is -1.16. The Morgan fingerprint density at radius 2 is 1.86 bits per heavy atom. The van der Waals surface area contributed by atoms with E-state index in [1.54, 1.807) is 43.3 Å². The number of esters is 1. The van der Waals surface area contributed by atoms with Crippen LogP contribution in [0.25, 0.3) is 10.6 Å². The summed E-state index contributed by atoms with van der Waals surface area (Å²) in [6, 6.07) is 12.7. The molecule has 0 atom stereocenters. The van der Waals surface area contributed by atoms with Crippen LogP contribution in [0.2, 0.25) is 0 Å². The Kier molecular flexibility index (Phi) is 6.72. The van der Waals surface area contributed by atoms with Crippen molar-refractivity contribution < 1.29 is 18.7 Å². The minimum Gasteiger partial charge on any atom is -0.462 e. The third-order valence-corrected chi connectivity index (χ3v) is 5.43. The van der Waals surface area contributed by atoms with Gasteiger partial charge in [0.2, 0.25) is 0 Å². The third-order valence-electron chi connectivity index (χ3n) is 4.22. The van der Waals surface area contributed by atoms with Gasteiger partial charge in [-0.15, -0.1) is 11.3 Å². The molecule has 0 aliphatic carbocycles. The molecule has 2 aromatic carbocycles. The zero-order valence-corrected chi connectivity index (χ0v) is 17.0. The van der Waals surface area contributed by atoms with Crippen LogP contribution >= 0.6 is 11.3 Å². The lowest BCUT2D eigenvalue weighted by atomic mass is 10.1. The fourth-order valence-corrected chi connectivity index (χ4v) is 3.63. The number of carbonyl (C=O) groups is 2. The monoisotopic (exact) mass is 412 g/mol. The highest BCUT2D eigenvalue weighted by molar-refractivity contribution is 7.17. The maximum Gasteiger partial charge on any atom is 0.340 e. The minimum absolute atomic E-state index is 0.304. The average Bonchev–Trinajstić information content (AvgIpc) is 3.11. The lowest BCUT2D eigenvalue weighted by molar-refractivity contribution is 0.0501. The predicted molar refractivity (Wildman–Crippen MR) is 112 cm³/mol. The van der Waals surface area contributed by atoms with Gasteiger partial charge in [-0.1, -0.05) is 25.5 Å². The van der Waals surface area contributed by atoms with E-state index in [4.69, 9.17) is 4.74 Å². The summed E-state index contributed by atoms with van der Waals surface area (Å²) >= 11 is 1.22. The van der Waals surface area contributed by atoms with E-state index in [2.05, 4.69) is 10.3 Å². The molecule has 5 nitrogen and oxygen atoms in total. The first-order valence-electron chi connectivity index (χ1n) is 9.30. The van der Waals surface area contributed by atoms with Crippen molar-refractivity contribution >= 4 is 28.9 Å². The van der Waals surface area contributed by atoms with Gasteiger partial charge in [0.1, 0.15) is 15.7 Å². The summed E-state index contributed by atoms with van der Waals surface area (Å²) in [5.41, 5.74) is 1.99. The van der Waals surface area contributed by atoms with Crippen molar-refractivity contribution in [2.75, 3.05) is 11.9 Å². The molecule has 1 N–H and O–H groups in total. The molecule has 1 heterocycles. The van der Waals surface area contributed by atoms with E-state index in [1.807, 2.05) is 6.92 Å². The second-order valence-electron chi connectivity index (χ2n) is 6.43. The Morgan fingerprint density at radius 1 is 1.14 bits per heavy atom. The van der Waals surface area contributed by atoms with E-state index in [0.717, 1.165) is 18.4 Å². The lowest BCUT2D eigenvalue weighted by Crippen LogP contribution is -2.16. The average molecular weight is 412 g/mol. The van der Waals surface area contributed by atoms with Gasteiger partial charge in [0.15, 0.2) is 0 Å². The van der Waals surface area contributed by atoms with Crippen LogP contribution in [-0.2, 0) is 4.74 Å². The number of carbonyl (C=O) groups excluding carboxylic acids is 2. The van der Waals surface area contributed by atoms with Gasteiger partial charge < -0.3 is 10.1 Å². The SMILES string of the molecule is CCCCOC(=O)c1ccccc1NC(=O)c1sc(-c2ccc(F)cc2)nc1C. The van der Waals surface area contributed by atoms with Crippen LogP contribution < -0.4 is 5.32 Å². The normalized spacial score (nSPS) is 10.6. The van der Waals surface area contributed by atoms with Gasteiger partial charge in [-0.25, -0.2) is 14.2 Å². The van der Waals surface area contributed by atoms with Crippen LogP contribution in [0, 0.1) is 12.7 Å². The van der Waals surface area contributed by atoms with Gasteiger partial charge in [0.05, 0.1) is 23.6 Å². The number of nitrogens with zero attached hydrogens (tertiary/aromatic N) is 1. The number of ether oxygens (including phenoxy) is 1. The number of amides is 1. The van der Waals surface area contributed by atoms with Gasteiger partial charge in [-0.2, -0.15) is 0 Å². The molecule has 0 unspecified atom stereocenters. The molecule has 3 aromatic rings. The van der Waals surface area contributed by atoms with Crippen LogP contribution in [0.3, 0.4) is 0 Å². The number of thiazole rings is 1. The van der Waals surface area contributed by atoms with E-state index >= 15 is 0 Å². The first-order valence-corrected chi connectivity index (χ1v) is 10.1. The number of unbranched alkanes of at least 4 members (excludes halogenated alkanes) is 1. The molecule has 7 heteroatoms. The third kappa shape index (κ3) is 5.06. The molecular weight excluding hydrogens is 391 g/mol. The van der Waals surface area contributed by atoms with Gasteiger partial charge >= 0.3 is 5.97 Å². The molecule has 150 valence electrons. The molecule has 0 fully saturated rings. The van der Waals surface area contributed by atoms with Crippen LogP contribution in [-0.4, -0.2) is 23.5 Å². The molecule has 0 radical (unpaired) electrons. The molecule has 0 saturated carbocycles. The fourth-order valence-electron chi connectivity index (χ4n) is 2.66. The Bertz CT molecular complexity index is 1020. The van der Waals surface area contributed by atoms with Crippen molar-refractivity contribution in [3.63, 3.8) is 0 Å². The number of aryl methyl sites for hydroxylation is 1. The summed E-state index contributed by atoms with van der Waals surface area (Å²) < 4.78 is 18.4. The molecule has 0 aliphatic rings. The largest absolute Gasteiger partial charge is 0.462 e. The van der Waals surface area contributed by atoms with Crippen molar-refractivity contribution in [2.45, 2.75) is 26.7 Å². The molecule has 3 rings (SSSR count). The standard InChI is InChI=1S/C22H21FN2O3S/c1-3-4-13-28-22(27)17-7-5-6-8-18(17)25-20(26)19-14(2)24-21(29-19)15-9-11-16(23)12-10-15/h5-12H,3-4,13H2,1-2H3,(H,25,26). The molecular formula is C22H21FN2O3S. The number of anilines is 1. The summed E-state index contributed by atoms with van der Waals surface area (Å²) in [7, 11) is 0. The number of aromatic nitrogens is 1. The molecule has 0 spiro atoms.